The molecule has 1 aliphatic heterocycles. The monoisotopic (exact) mass is 278 g/mol. The highest BCUT2D eigenvalue weighted by Gasteiger charge is 2.42. The molecule has 3 heteroatoms. The molecule has 106 valence electrons. The first-order chi connectivity index (χ1) is 10.2. The molecule has 1 saturated carbocycles. The number of hydrogen-bond donors (Lipinski definition) is 2. The topological polar surface area (TPSA) is 41.1 Å². The second-order valence-electron chi connectivity index (χ2n) is 6.04. The van der Waals surface area contributed by atoms with E-state index in [-0.39, 0.29) is 11.9 Å². The van der Waals surface area contributed by atoms with Crippen molar-refractivity contribution in [3.63, 3.8) is 0 Å². The number of nitrogens with one attached hydrogen (secondary N) is 2. The second kappa shape index (κ2) is 4.71. The van der Waals surface area contributed by atoms with Gasteiger partial charge in [0.25, 0.3) is 0 Å². The van der Waals surface area contributed by atoms with E-state index < -0.39 is 0 Å². The van der Waals surface area contributed by atoms with E-state index in [1.165, 1.54) is 11.1 Å². The maximum Gasteiger partial charge on any atom is 0.246 e. The van der Waals surface area contributed by atoms with Crippen molar-refractivity contribution in [2.45, 2.75) is 31.3 Å². The van der Waals surface area contributed by atoms with Crippen molar-refractivity contribution in [3.05, 3.63) is 65.2 Å². The summed E-state index contributed by atoms with van der Waals surface area (Å²) in [6.45, 7) is 2.06. The molecule has 1 aliphatic carbocycles. The third-order valence-corrected chi connectivity index (χ3v) is 4.44. The quantitative estimate of drug-likeness (QED) is 0.905. The van der Waals surface area contributed by atoms with Crippen LogP contribution < -0.4 is 10.6 Å². The van der Waals surface area contributed by atoms with Crippen LogP contribution >= 0.6 is 0 Å². The molecule has 1 amide bonds. The molecule has 4 rings (SSSR count). The zero-order valence-corrected chi connectivity index (χ0v) is 12.0. The van der Waals surface area contributed by atoms with Crippen LogP contribution in [0.25, 0.3) is 0 Å². The molecule has 1 heterocycles. The molecule has 1 fully saturated rings. The molecule has 2 aromatic rings. The summed E-state index contributed by atoms with van der Waals surface area (Å²) < 4.78 is 0. The zero-order chi connectivity index (χ0) is 14.4. The van der Waals surface area contributed by atoms with Crippen LogP contribution in [0.15, 0.2) is 48.5 Å². The normalized spacial score (nSPS) is 26.3. The Hall–Kier alpha value is -2.13. The van der Waals surface area contributed by atoms with Crippen LogP contribution in [-0.2, 0) is 4.79 Å². The minimum absolute atomic E-state index is 0.0642. The van der Waals surface area contributed by atoms with E-state index in [1.54, 1.807) is 0 Å². The first-order valence-corrected chi connectivity index (χ1v) is 7.45. The highest BCUT2D eigenvalue weighted by Crippen LogP contribution is 2.43. The summed E-state index contributed by atoms with van der Waals surface area (Å²) in [6, 6.07) is 16.8. The molecule has 2 aliphatic rings. The molecule has 0 aromatic heterocycles. The number of fused-ring (bicyclic) bond motifs is 1. The number of benzene rings is 2. The molecule has 21 heavy (non-hydrogen) atoms. The molecule has 0 saturated heterocycles. The van der Waals surface area contributed by atoms with E-state index in [1.807, 2.05) is 18.2 Å². The summed E-state index contributed by atoms with van der Waals surface area (Å²) in [5.74, 6) is 0.599. The lowest BCUT2D eigenvalue weighted by molar-refractivity contribution is -0.117. The van der Waals surface area contributed by atoms with Crippen molar-refractivity contribution in [1.29, 1.82) is 0 Å². The molecule has 0 spiro atoms. The third-order valence-electron chi connectivity index (χ3n) is 4.44. The summed E-state index contributed by atoms with van der Waals surface area (Å²) >= 11 is 0. The lowest BCUT2D eigenvalue weighted by Crippen LogP contribution is -2.30. The van der Waals surface area contributed by atoms with Crippen molar-refractivity contribution in [2.75, 3.05) is 5.32 Å². The molecule has 0 radical (unpaired) electrons. The van der Waals surface area contributed by atoms with Crippen molar-refractivity contribution in [2.24, 2.45) is 0 Å². The van der Waals surface area contributed by atoms with Crippen LogP contribution in [0.4, 0.5) is 5.69 Å². The van der Waals surface area contributed by atoms with Crippen LogP contribution in [0.2, 0.25) is 0 Å². The first kappa shape index (κ1) is 12.6. The summed E-state index contributed by atoms with van der Waals surface area (Å²) in [6.07, 6.45) is 1.11. The van der Waals surface area contributed by atoms with Crippen molar-refractivity contribution < 1.29 is 4.79 Å². The molecule has 2 aromatic carbocycles. The highest BCUT2D eigenvalue weighted by atomic mass is 16.2. The maximum atomic E-state index is 12.2. The zero-order valence-electron chi connectivity index (χ0n) is 12.0. The Bertz CT molecular complexity index is 696. The molecule has 0 bridgehead atoms. The van der Waals surface area contributed by atoms with Crippen LogP contribution in [0, 0.1) is 6.92 Å². The van der Waals surface area contributed by atoms with Gasteiger partial charge in [0.2, 0.25) is 5.91 Å². The number of hydrogen-bond acceptors (Lipinski definition) is 2. The van der Waals surface area contributed by atoms with Gasteiger partial charge in [-0.1, -0.05) is 48.0 Å². The van der Waals surface area contributed by atoms with Crippen molar-refractivity contribution in [1.82, 2.24) is 5.32 Å². The average Bonchev–Trinajstić information content (AvgIpc) is 3.20. The van der Waals surface area contributed by atoms with Gasteiger partial charge in [0.1, 0.15) is 6.04 Å². The number of aryl methyl sites for hydroxylation is 1. The Morgan fingerprint density at radius 2 is 1.95 bits per heavy atom. The van der Waals surface area contributed by atoms with Gasteiger partial charge in [-0.15, -0.1) is 0 Å². The smallest absolute Gasteiger partial charge is 0.246 e. The minimum atomic E-state index is -0.210. The number of anilines is 1. The van der Waals surface area contributed by atoms with Crippen LogP contribution in [-0.4, -0.2) is 11.9 Å². The molecule has 3 atom stereocenters. The summed E-state index contributed by atoms with van der Waals surface area (Å²) in [4.78, 5) is 12.2. The van der Waals surface area contributed by atoms with Crippen LogP contribution in [0.5, 0.6) is 0 Å². The summed E-state index contributed by atoms with van der Waals surface area (Å²) in [5.41, 5.74) is 4.57. The SMILES string of the molecule is Cc1ccc2c(c1)C(NC1CC1c1ccccc1)C(=O)N2. The molecule has 3 unspecified atom stereocenters. The highest BCUT2D eigenvalue weighted by molar-refractivity contribution is 6.02. The maximum absolute atomic E-state index is 12.2. The van der Waals surface area contributed by atoms with Gasteiger partial charge >= 0.3 is 0 Å². The van der Waals surface area contributed by atoms with E-state index in [9.17, 15) is 4.79 Å². The van der Waals surface area contributed by atoms with E-state index in [0.29, 0.717) is 12.0 Å². The third kappa shape index (κ3) is 2.24. The Morgan fingerprint density at radius 1 is 1.14 bits per heavy atom. The predicted molar refractivity (Wildman–Crippen MR) is 83.3 cm³/mol. The lowest BCUT2D eigenvalue weighted by atomic mass is 10.0. The Balaban J connectivity index is 1.52. The largest absolute Gasteiger partial charge is 0.324 e. The first-order valence-electron chi connectivity index (χ1n) is 7.45. The standard InChI is InChI=1S/C18H18N2O/c1-11-7-8-15-14(9-11)17(18(21)20-15)19-16-10-13(16)12-5-3-2-4-6-12/h2-9,13,16-17,19H,10H2,1H3,(H,20,21). The molecule has 3 nitrogen and oxygen atoms in total. The number of carbonyl (C=O) groups is 1. The van der Waals surface area contributed by atoms with E-state index >= 15 is 0 Å². The van der Waals surface area contributed by atoms with Gasteiger partial charge in [-0.25, -0.2) is 0 Å². The van der Waals surface area contributed by atoms with Gasteiger partial charge in [0.15, 0.2) is 0 Å². The van der Waals surface area contributed by atoms with Crippen molar-refractivity contribution >= 4 is 11.6 Å². The van der Waals surface area contributed by atoms with Gasteiger partial charge in [0.05, 0.1) is 0 Å². The lowest BCUT2D eigenvalue weighted by Gasteiger charge is -2.12. The Labute approximate surface area is 124 Å². The van der Waals surface area contributed by atoms with Gasteiger partial charge in [-0.3, -0.25) is 10.1 Å². The fourth-order valence-corrected chi connectivity index (χ4v) is 3.21. The summed E-state index contributed by atoms with van der Waals surface area (Å²) in [5, 5.41) is 6.48. The van der Waals surface area contributed by atoms with Gasteiger partial charge in [-0.05, 0) is 25.0 Å². The number of rotatable bonds is 3. The van der Waals surface area contributed by atoms with E-state index in [2.05, 4.69) is 47.9 Å². The molecular weight excluding hydrogens is 260 g/mol. The number of amides is 1. The Kier molecular flexibility index (Phi) is 2.82. The van der Waals surface area contributed by atoms with E-state index in [0.717, 1.165) is 17.7 Å². The summed E-state index contributed by atoms with van der Waals surface area (Å²) in [7, 11) is 0. The van der Waals surface area contributed by atoms with Gasteiger partial charge in [-0.2, -0.15) is 0 Å². The Morgan fingerprint density at radius 3 is 2.76 bits per heavy atom. The predicted octanol–water partition coefficient (Wildman–Crippen LogP) is 3.13. The fraction of sp³-hybridized carbons (Fsp3) is 0.278. The molecular formula is C18H18N2O. The number of carbonyl (C=O) groups excluding carboxylic acids is 1. The molecule has 2 N–H and O–H groups in total. The van der Waals surface area contributed by atoms with Crippen molar-refractivity contribution in [3.8, 4) is 0 Å². The minimum Gasteiger partial charge on any atom is -0.324 e. The van der Waals surface area contributed by atoms with Gasteiger partial charge in [0, 0.05) is 23.2 Å². The average molecular weight is 278 g/mol. The second-order valence-corrected chi connectivity index (χ2v) is 6.04. The van der Waals surface area contributed by atoms with Crippen LogP contribution in [0.1, 0.15) is 35.1 Å². The van der Waals surface area contributed by atoms with Gasteiger partial charge < -0.3 is 5.32 Å². The van der Waals surface area contributed by atoms with Crippen LogP contribution in [0.3, 0.4) is 0 Å². The fourth-order valence-electron chi connectivity index (χ4n) is 3.21. The van der Waals surface area contributed by atoms with E-state index in [4.69, 9.17) is 0 Å².